The first kappa shape index (κ1) is 13.4. The van der Waals surface area contributed by atoms with Crippen LogP contribution in [0.2, 0.25) is 5.02 Å². The topological polar surface area (TPSA) is 23.5 Å². The molecular weight excluding hydrogens is 229 g/mol. The van der Waals surface area contributed by atoms with Crippen LogP contribution in [-0.2, 0) is 0 Å². The van der Waals surface area contributed by atoms with Crippen LogP contribution in [0.15, 0.2) is 18.2 Å². The first-order valence-electron chi connectivity index (χ1n) is 5.44. The lowest BCUT2D eigenvalue weighted by atomic mass is 10.1. The van der Waals surface area contributed by atoms with Gasteiger partial charge >= 0.3 is 0 Å². The van der Waals surface area contributed by atoms with E-state index in [1.807, 2.05) is 18.7 Å². The summed E-state index contributed by atoms with van der Waals surface area (Å²) >= 11 is 5.88. The predicted molar refractivity (Wildman–Crippen MR) is 64.2 cm³/mol. The minimum absolute atomic E-state index is 0.191. The standard InChI is InChI=1S/C12H17ClFNO/c1-3-15(4-2)8-11(16)12-9(13)6-5-7-10(12)14/h5-7,11,16H,3-4,8H2,1-2H3. The Balaban J connectivity index is 2.83. The molecule has 0 radical (unpaired) electrons. The molecule has 0 spiro atoms. The minimum Gasteiger partial charge on any atom is -0.387 e. The Morgan fingerprint density at radius 1 is 1.38 bits per heavy atom. The van der Waals surface area contributed by atoms with E-state index in [2.05, 4.69) is 0 Å². The van der Waals surface area contributed by atoms with Gasteiger partial charge in [-0.2, -0.15) is 0 Å². The van der Waals surface area contributed by atoms with Gasteiger partial charge in [-0.15, -0.1) is 0 Å². The lowest BCUT2D eigenvalue weighted by Gasteiger charge is -2.22. The van der Waals surface area contributed by atoms with E-state index in [0.717, 1.165) is 13.1 Å². The average Bonchev–Trinajstić information content (AvgIpc) is 2.25. The third-order valence-electron chi connectivity index (χ3n) is 2.66. The summed E-state index contributed by atoms with van der Waals surface area (Å²) in [5, 5.41) is 10.2. The number of likely N-dealkylation sites (N-methyl/N-ethyl adjacent to an activating group) is 1. The van der Waals surface area contributed by atoms with Crippen LogP contribution in [-0.4, -0.2) is 29.6 Å². The molecule has 0 heterocycles. The zero-order valence-electron chi connectivity index (χ0n) is 9.58. The van der Waals surface area contributed by atoms with Crippen molar-refractivity contribution in [3.63, 3.8) is 0 Å². The Hall–Kier alpha value is -0.640. The highest BCUT2D eigenvalue weighted by atomic mass is 35.5. The smallest absolute Gasteiger partial charge is 0.130 e. The van der Waals surface area contributed by atoms with Crippen molar-refractivity contribution in [2.75, 3.05) is 19.6 Å². The van der Waals surface area contributed by atoms with Crippen molar-refractivity contribution in [2.45, 2.75) is 20.0 Å². The molecule has 0 bridgehead atoms. The highest BCUT2D eigenvalue weighted by Crippen LogP contribution is 2.26. The zero-order chi connectivity index (χ0) is 12.1. The first-order chi connectivity index (χ1) is 7.60. The van der Waals surface area contributed by atoms with Crippen LogP contribution in [0.3, 0.4) is 0 Å². The number of aliphatic hydroxyl groups excluding tert-OH is 1. The molecule has 1 unspecified atom stereocenters. The third-order valence-corrected chi connectivity index (χ3v) is 2.99. The van der Waals surface area contributed by atoms with Crippen molar-refractivity contribution in [2.24, 2.45) is 0 Å². The maximum absolute atomic E-state index is 13.5. The van der Waals surface area contributed by atoms with E-state index in [9.17, 15) is 9.50 Å². The maximum atomic E-state index is 13.5. The van der Waals surface area contributed by atoms with Crippen LogP contribution < -0.4 is 0 Å². The van der Waals surface area contributed by atoms with E-state index in [1.54, 1.807) is 6.07 Å². The van der Waals surface area contributed by atoms with Crippen molar-refractivity contribution in [1.29, 1.82) is 0 Å². The largest absolute Gasteiger partial charge is 0.387 e. The van der Waals surface area contributed by atoms with Gasteiger partial charge in [-0.1, -0.05) is 31.5 Å². The molecule has 0 aliphatic rings. The summed E-state index contributed by atoms with van der Waals surface area (Å²) in [4.78, 5) is 2.02. The van der Waals surface area contributed by atoms with Crippen molar-refractivity contribution in [3.8, 4) is 0 Å². The van der Waals surface area contributed by atoms with E-state index in [-0.39, 0.29) is 10.6 Å². The monoisotopic (exact) mass is 245 g/mol. The molecule has 0 saturated heterocycles. The number of benzene rings is 1. The summed E-state index contributed by atoms with van der Waals surface area (Å²) in [5.74, 6) is -0.452. The fourth-order valence-electron chi connectivity index (χ4n) is 1.65. The molecule has 0 saturated carbocycles. The molecule has 0 aliphatic carbocycles. The zero-order valence-corrected chi connectivity index (χ0v) is 10.3. The second-order valence-corrected chi connectivity index (χ2v) is 4.04. The van der Waals surface area contributed by atoms with Crippen LogP contribution in [0.1, 0.15) is 25.5 Å². The second kappa shape index (κ2) is 6.18. The van der Waals surface area contributed by atoms with Crippen molar-refractivity contribution in [3.05, 3.63) is 34.6 Å². The fourth-order valence-corrected chi connectivity index (χ4v) is 1.94. The predicted octanol–water partition coefficient (Wildman–Crippen LogP) is 2.85. The van der Waals surface area contributed by atoms with Crippen LogP contribution in [0, 0.1) is 5.82 Å². The molecule has 4 heteroatoms. The van der Waals surface area contributed by atoms with Crippen LogP contribution in [0.4, 0.5) is 4.39 Å². The van der Waals surface area contributed by atoms with Crippen LogP contribution in [0.25, 0.3) is 0 Å². The Morgan fingerprint density at radius 3 is 2.50 bits per heavy atom. The molecular formula is C12H17ClFNO. The Morgan fingerprint density at radius 2 is 2.00 bits per heavy atom. The van der Waals surface area contributed by atoms with E-state index in [1.165, 1.54) is 12.1 Å². The third kappa shape index (κ3) is 3.17. The quantitative estimate of drug-likeness (QED) is 0.862. The molecule has 90 valence electrons. The molecule has 0 aromatic heterocycles. The van der Waals surface area contributed by atoms with Gasteiger partial charge in [0, 0.05) is 17.1 Å². The molecule has 1 aromatic rings. The molecule has 1 rings (SSSR count). The summed E-state index contributed by atoms with van der Waals surface area (Å²) in [5.41, 5.74) is 0.191. The first-order valence-corrected chi connectivity index (χ1v) is 5.82. The highest BCUT2D eigenvalue weighted by Gasteiger charge is 2.18. The number of hydrogen-bond acceptors (Lipinski definition) is 2. The van der Waals surface area contributed by atoms with Gasteiger partial charge in [-0.3, -0.25) is 0 Å². The van der Waals surface area contributed by atoms with Gasteiger partial charge in [0.1, 0.15) is 5.82 Å². The normalized spacial score (nSPS) is 13.1. The van der Waals surface area contributed by atoms with E-state index in [4.69, 9.17) is 11.6 Å². The number of hydrogen-bond donors (Lipinski definition) is 1. The van der Waals surface area contributed by atoms with Crippen molar-refractivity contribution >= 4 is 11.6 Å². The highest BCUT2D eigenvalue weighted by molar-refractivity contribution is 6.31. The van der Waals surface area contributed by atoms with Gasteiger partial charge in [0.25, 0.3) is 0 Å². The second-order valence-electron chi connectivity index (χ2n) is 3.64. The summed E-state index contributed by atoms with van der Waals surface area (Å²) < 4.78 is 13.5. The van der Waals surface area contributed by atoms with Gasteiger partial charge in [0.05, 0.1) is 6.10 Å². The maximum Gasteiger partial charge on any atom is 0.130 e. The number of aliphatic hydroxyl groups is 1. The van der Waals surface area contributed by atoms with Gasteiger partial charge in [0.15, 0.2) is 0 Å². The number of rotatable bonds is 5. The lowest BCUT2D eigenvalue weighted by Crippen LogP contribution is -2.28. The summed E-state index contributed by atoms with van der Waals surface area (Å²) in [6.45, 7) is 6.03. The SMILES string of the molecule is CCN(CC)CC(O)c1c(F)cccc1Cl. The van der Waals surface area contributed by atoms with Gasteiger partial charge < -0.3 is 10.0 Å². The molecule has 1 aromatic carbocycles. The van der Waals surface area contributed by atoms with Crippen molar-refractivity contribution in [1.82, 2.24) is 4.90 Å². The van der Waals surface area contributed by atoms with Gasteiger partial charge in [0.2, 0.25) is 0 Å². The lowest BCUT2D eigenvalue weighted by molar-refractivity contribution is 0.116. The molecule has 0 aliphatic heterocycles. The Kier molecular flexibility index (Phi) is 5.19. The fraction of sp³-hybridized carbons (Fsp3) is 0.500. The Bertz CT molecular complexity index is 322. The molecule has 1 atom stereocenters. The van der Waals surface area contributed by atoms with Crippen molar-refractivity contribution < 1.29 is 9.50 Å². The van der Waals surface area contributed by atoms with Crippen LogP contribution >= 0.6 is 11.6 Å². The Labute approximate surface area is 101 Å². The van der Waals surface area contributed by atoms with E-state index >= 15 is 0 Å². The average molecular weight is 246 g/mol. The molecule has 1 N–H and O–H groups in total. The van der Waals surface area contributed by atoms with Gasteiger partial charge in [-0.25, -0.2) is 4.39 Å². The molecule has 16 heavy (non-hydrogen) atoms. The minimum atomic E-state index is -0.881. The van der Waals surface area contributed by atoms with E-state index < -0.39 is 11.9 Å². The number of halogens is 2. The molecule has 0 fully saturated rings. The van der Waals surface area contributed by atoms with Crippen LogP contribution in [0.5, 0.6) is 0 Å². The molecule has 2 nitrogen and oxygen atoms in total. The molecule has 0 amide bonds. The summed E-state index contributed by atoms with van der Waals surface area (Å²) in [6.07, 6.45) is -0.881. The number of nitrogens with zero attached hydrogens (tertiary/aromatic N) is 1. The van der Waals surface area contributed by atoms with Gasteiger partial charge in [-0.05, 0) is 25.2 Å². The summed E-state index contributed by atoms with van der Waals surface area (Å²) in [6, 6.07) is 4.43. The summed E-state index contributed by atoms with van der Waals surface area (Å²) in [7, 11) is 0. The van der Waals surface area contributed by atoms with E-state index in [0.29, 0.717) is 6.54 Å².